The second kappa shape index (κ2) is 9.88. The van der Waals surface area contributed by atoms with E-state index in [1.165, 1.54) is 6.07 Å². The van der Waals surface area contributed by atoms with Crippen LogP contribution in [-0.2, 0) is 11.3 Å². The molecule has 2 rings (SSSR count). The maximum atomic E-state index is 13.9. The lowest BCUT2D eigenvalue weighted by Gasteiger charge is -2.36. The number of likely N-dealkylation sites (N-methyl/N-ethyl adjacent to an activating group) is 1. The lowest BCUT2D eigenvalue weighted by molar-refractivity contribution is -0.132. The molecule has 0 aliphatic carbocycles. The zero-order valence-corrected chi connectivity index (χ0v) is 15.9. The number of nitrogens with zero attached hydrogens (tertiary/aromatic N) is 3. The summed E-state index contributed by atoms with van der Waals surface area (Å²) in [6.45, 7) is 7.00. The van der Waals surface area contributed by atoms with Gasteiger partial charge in [0.05, 0.1) is 0 Å². The first kappa shape index (κ1) is 19.9. The summed E-state index contributed by atoms with van der Waals surface area (Å²) in [7, 11) is 4.07. The van der Waals surface area contributed by atoms with Crippen LogP contribution >= 0.6 is 0 Å². The summed E-state index contributed by atoms with van der Waals surface area (Å²) in [5.41, 5.74) is 0.761. The fraction of sp³-hybridized carbons (Fsp3) is 0.650. The quantitative estimate of drug-likeness (QED) is 0.722. The van der Waals surface area contributed by atoms with Crippen molar-refractivity contribution in [3.63, 3.8) is 0 Å². The third-order valence-electron chi connectivity index (χ3n) is 4.91. The lowest BCUT2D eigenvalue weighted by atomic mass is 9.96. The molecule has 140 valence electrons. The molecular formula is C20H32FN3O. The van der Waals surface area contributed by atoms with Crippen molar-refractivity contribution < 1.29 is 9.18 Å². The Labute approximate surface area is 151 Å². The van der Waals surface area contributed by atoms with Crippen LogP contribution < -0.4 is 0 Å². The highest BCUT2D eigenvalue weighted by molar-refractivity contribution is 5.75. The van der Waals surface area contributed by atoms with E-state index in [9.17, 15) is 9.18 Å². The minimum atomic E-state index is -0.126. The predicted molar refractivity (Wildman–Crippen MR) is 99.8 cm³/mol. The SMILES string of the molecule is CCC(=O)N(CCN(C)C)CC1CCCN(Cc2ccccc2F)C1. The molecule has 1 aliphatic rings. The van der Waals surface area contributed by atoms with Crippen molar-refractivity contribution in [3.8, 4) is 0 Å². The Morgan fingerprint density at radius 1 is 1.28 bits per heavy atom. The molecule has 1 aromatic carbocycles. The number of halogens is 1. The van der Waals surface area contributed by atoms with Gasteiger partial charge in [0.2, 0.25) is 5.91 Å². The highest BCUT2D eigenvalue weighted by atomic mass is 19.1. The average Bonchev–Trinajstić information content (AvgIpc) is 2.60. The average molecular weight is 349 g/mol. The Morgan fingerprint density at radius 3 is 2.72 bits per heavy atom. The topological polar surface area (TPSA) is 26.8 Å². The van der Waals surface area contributed by atoms with Gasteiger partial charge in [-0.05, 0) is 45.5 Å². The van der Waals surface area contributed by atoms with Gasteiger partial charge in [0, 0.05) is 44.7 Å². The molecule has 0 spiro atoms. The van der Waals surface area contributed by atoms with E-state index < -0.39 is 0 Å². The van der Waals surface area contributed by atoms with Crippen LogP contribution in [0.1, 0.15) is 31.7 Å². The summed E-state index contributed by atoms with van der Waals surface area (Å²) in [6.07, 6.45) is 2.81. The van der Waals surface area contributed by atoms with E-state index in [4.69, 9.17) is 0 Å². The summed E-state index contributed by atoms with van der Waals surface area (Å²) in [4.78, 5) is 18.7. The van der Waals surface area contributed by atoms with E-state index in [2.05, 4.69) is 9.80 Å². The molecule has 1 unspecified atom stereocenters. The van der Waals surface area contributed by atoms with E-state index in [0.717, 1.165) is 51.1 Å². The number of likely N-dealkylation sites (tertiary alicyclic amines) is 1. The number of carbonyl (C=O) groups is 1. The summed E-state index contributed by atoms with van der Waals surface area (Å²) in [5.74, 6) is 0.574. The third kappa shape index (κ3) is 6.40. The van der Waals surface area contributed by atoms with Crippen LogP contribution in [0.5, 0.6) is 0 Å². The standard InChI is InChI=1S/C20H32FN3O/c1-4-20(25)24(13-12-22(2)3)15-17-8-7-11-23(14-17)16-18-9-5-6-10-19(18)21/h5-6,9-10,17H,4,7-8,11-16H2,1-3H3. The molecule has 4 nitrogen and oxygen atoms in total. The predicted octanol–water partition coefficient (Wildman–Crippen LogP) is 2.84. The van der Waals surface area contributed by atoms with Gasteiger partial charge in [-0.3, -0.25) is 9.69 Å². The van der Waals surface area contributed by atoms with Gasteiger partial charge in [0.25, 0.3) is 0 Å². The molecule has 0 bridgehead atoms. The molecule has 0 N–H and O–H groups in total. The summed E-state index contributed by atoms with van der Waals surface area (Å²) < 4.78 is 13.9. The number of hydrogen-bond acceptors (Lipinski definition) is 3. The molecule has 1 heterocycles. The zero-order chi connectivity index (χ0) is 18.2. The minimum absolute atomic E-state index is 0.126. The first-order valence-corrected chi connectivity index (χ1v) is 9.37. The number of benzene rings is 1. The summed E-state index contributed by atoms with van der Waals surface area (Å²) in [6, 6.07) is 7.02. The smallest absolute Gasteiger partial charge is 0.222 e. The second-order valence-electron chi connectivity index (χ2n) is 7.33. The largest absolute Gasteiger partial charge is 0.341 e. The van der Waals surface area contributed by atoms with Gasteiger partial charge in [-0.2, -0.15) is 0 Å². The van der Waals surface area contributed by atoms with E-state index in [1.807, 2.05) is 38.1 Å². The van der Waals surface area contributed by atoms with E-state index in [0.29, 0.717) is 18.9 Å². The fourth-order valence-corrected chi connectivity index (χ4v) is 3.49. The van der Waals surface area contributed by atoms with Crippen LogP contribution in [0.2, 0.25) is 0 Å². The Balaban J connectivity index is 1.92. The monoisotopic (exact) mass is 349 g/mol. The van der Waals surface area contributed by atoms with Gasteiger partial charge in [0.1, 0.15) is 5.82 Å². The highest BCUT2D eigenvalue weighted by Gasteiger charge is 2.24. The molecule has 0 radical (unpaired) electrons. The first-order chi connectivity index (χ1) is 12.0. The Hall–Kier alpha value is -1.46. The molecule has 1 aliphatic heterocycles. The molecule has 1 aromatic rings. The molecule has 5 heteroatoms. The van der Waals surface area contributed by atoms with Gasteiger partial charge < -0.3 is 9.80 Å². The first-order valence-electron chi connectivity index (χ1n) is 9.37. The Kier molecular flexibility index (Phi) is 7.85. The van der Waals surface area contributed by atoms with Crippen molar-refractivity contribution in [2.75, 3.05) is 46.8 Å². The number of hydrogen-bond donors (Lipinski definition) is 0. The summed E-state index contributed by atoms with van der Waals surface area (Å²) >= 11 is 0. The van der Waals surface area contributed by atoms with Crippen LogP contribution in [0, 0.1) is 11.7 Å². The highest BCUT2D eigenvalue weighted by Crippen LogP contribution is 2.21. The van der Waals surface area contributed by atoms with Crippen LogP contribution in [0.15, 0.2) is 24.3 Å². The Bertz CT molecular complexity index is 549. The maximum absolute atomic E-state index is 13.9. The molecule has 1 amide bonds. The zero-order valence-electron chi connectivity index (χ0n) is 15.9. The van der Waals surface area contributed by atoms with Gasteiger partial charge in [0.15, 0.2) is 0 Å². The van der Waals surface area contributed by atoms with Crippen molar-refractivity contribution in [2.45, 2.75) is 32.7 Å². The number of rotatable bonds is 8. The normalized spacial score (nSPS) is 18.5. The lowest BCUT2D eigenvalue weighted by Crippen LogP contribution is -2.44. The molecular weight excluding hydrogens is 317 g/mol. The van der Waals surface area contributed by atoms with Crippen LogP contribution in [-0.4, -0.2) is 67.4 Å². The van der Waals surface area contributed by atoms with Crippen LogP contribution in [0.25, 0.3) is 0 Å². The van der Waals surface area contributed by atoms with E-state index >= 15 is 0 Å². The van der Waals surface area contributed by atoms with Crippen molar-refractivity contribution in [3.05, 3.63) is 35.6 Å². The van der Waals surface area contributed by atoms with Crippen molar-refractivity contribution in [2.24, 2.45) is 5.92 Å². The molecule has 1 fully saturated rings. The Morgan fingerprint density at radius 2 is 2.04 bits per heavy atom. The minimum Gasteiger partial charge on any atom is -0.341 e. The second-order valence-corrected chi connectivity index (χ2v) is 7.33. The molecule has 0 saturated carbocycles. The van der Waals surface area contributed by atoms with Gasteiger partial charge >= 0.3 is 0 Å². The molecule has 1 atom stereocenters. The fourth-order valence-electron chi connectivity index (χ4n) is 3.49. The van der Waals surface area contributed by atoms with Crippen molar-refractivity contribution in [1.82, 2.24) is 14.7 Å². The van der Waals surface area contributed by atoms with Crippen molar-refractivity contribution in [1.29, 1.82) is 0 Å². The molecule has 0 aromatic heterocycles. The number of amides is 1. The van der Waals surface area contributed by atoms with E-state index in [1.54, 1.807) is 6.07 Å². The molecule has 25 heavy (non-hydrogen) atoms. The molecule has 1 saturated heterocycles. The van der Waals surface area contributed by atoms with Gasteiger partial charge in [-0.25, -0.2) is 4.39 Å². The number of carbonyl (C=O) groups excluding carboxylic acids is 1. The maximum Gasteiger partial charge on any atom is 0.222 e. The van der Waals surface area contributed by atoms with E-state index in [-0.39, 0.29) is 11.7 Å². The van der Waals surface area contributed by atoms with Gasteiger partial charge in [-0.1, -0.05) is 25.1 Å². The third-order valence-corrected chi connectivity index (χ3v) is 4.91. The summed E-state index contributed by atoms with van der Waals surface area (Å²) in [5, 5.41) is 0. The van der Waals surface area contributed by atoms with Crippen LogP contribution in [0.3, 0.4) is 0 Å². The van der Waals surface area contributed by atoms with Crippen LogP contribution in [0.4, 0.5) is 4.39 Å². The van der Waals surface area contributed by atoms with Gasteiger partial charge in [-0.15, -0.1) is 0 Å². The number of piperidine rings is 1. The van der Waals surface area contributed by atoms with Crippen molar-refractivity contribution >= 4 is 5.91 Å².